The molecule has 0 saturated heterocycles. The fourth-order valence-electron chi connectivity index (χ4n) is 2.98. The molecular formula is C27H30N6S3. The number of thiazole rings is 3. The summed E-state index contributed by atoms with van der Waals surface area (Å²) in [4.78, 5) is 24.9. The van der Waals surface area contributed by atoms with E-state index in [4.69, 9.17) is 4.11 Å². The van der Waals surface area contributed by atoms with Gasteiger partial charge < -0.3 is 0 Å². The minimum atomic E-state index is 0.278. The summed E-state index contributed by atoms with van der Waals surface area (Å²) < 4.78 is 25.6. The van der Waals surface area contributed by atoms with Crippen LogP contribution in [0.4, 0.5) is 0 Å². The molecule has 0 N–H and O–H groups in total. The number of rotatable bonds is 3. The molecule has 0 atom stereocenters. The number of hydrogen-bond acceptors (Lipinski definition) is 9. The summed E-state index contributed by atoms with van der Waals surface area (Å²) in [5.74, 6) is 1.31. The summed E-state index contributed by atoms with van der Waals surface area (Å²) in [5.41, 5.74) is 2.49. The molecular weight excluding hydrogens is 505 g/mol. The van der Waals surface area contributed by atoms with Gasteiger partial charge in [-0.2, -0.15) is 0 Å². The van der Waals surface area contributed by atoms with E-state index in [2.05, 4.69) is 71.4 Å². The Bertz CT molecular complexity index is 1620. The molecule has 6 heterocycles. The van der Waals surface area contributed by atoms with E-state index in [0.717, 1.165) is 45.7 Å². The molecule has 0 unspecified atom stereocenters. The van der Waals surface area contributed by atoms with E-state index in [1.54, 1.807) is 64.9 Å². The van der Waals surface area contributed by atoms with Crippen LogP contribution in [-0.2, 0) is 0 Å². The molecule has 0 saturated carbocycles. The van der Waals surface area contributed by atoms with Crippen LogP contribution in [0.3, 0.4) is 0 Å². The minimum Gasteiger partial charge on any atom is -0.262 e. The van der Waals surface area contributed by atoms with Gasteiger partial charge in [-0.3, -0.25) is 15.0 Å². The standard InChI is InChI=1S/3C9H10N2S/c3*1-6(2)9-11-7-5-10-4-3-8(7)12-9/h3*3-6H,1-2H3/i5T;4T;3T. The molecule has 6 rings (SSSR count). The van der Waals surface area contributed by atoms with Crippen LogP contribution in [0.2, 0.25) is 0 Å². The molecule has 0 aliphatic carbocycles. The second-order valence-electron chi connectivity index (χ2n) is 8.94. The van der Waals surface area contributed by atoms with Gasteiger partial charge in [-0.15, -0.1) is 34.0 Å². The van der Waals surface area contributed by atoms with Crippen LogP contribution in [0, 0.1) is 0 Å². The lowest BCUT2D eigenvalue weighted by Crippen LogP contribution is -1.82. The molecule has 9 heteroatoms. The van der Waals surface area contributed by atoms with Crippen molar-refractivity contribution < 1.29 is 4.11 Å². The first-order valence-corrected chi connectivity index (χ1v) is 14.1. The second kappa shape index (κ2) is 11.9. The van der Waals surface area contributed by atoms with Gasteiger partial charge in [-0.05, 0) is 18.2 Å². The van der Waals surface area contributed by atoms with Crippen LogP contribution in [0.1, 0.15) is 78.4 Å². The summed E-state index contributed by atoms with van der Waals surface area (Å²) in [7, 11) is 0. The Balaban J connectivity index is 0.000000136. The average molecular weight is 541 g/mol. The Morgan fingerprint density at radius 1 is 0.611 bits per heavy atom. The van der Waals surface area contributed by atoms with Gasteiger partial charge in [0.15, 0.2) is 0 Å². The monoisotopic (exact) mass is 540 g/mol. The van der Waals surface area contributed by atoms with E-state index in [9.17, 15) is 0 Å². The maximum Gasteiger partial charge on any atom is 0.0998 e. The Kier molecular flexibility index (Phi) is 7.38. The molecule has 0 amide bonds. The number of nitrogens with zero attached hydrogens (tertiary/aromatic N) is 6. The normalized spacial score (nSPS) is 12.4. The SMILES string of the molecule is [3H]c1cc2sc(C(C)C)nc2cn1.[3H]c1cncc2nc(C(C)C)sc12.[3H]c1nccc2sc(C(C)C)nc12. The van der Waals surface area contributed by atoms with Crippen molar-refractivity contribution in [2.24, 2.45) is 0 Å². The molecule has 0 aromatic carbocycles. The molecule has 186 valence electrons. The topological polar surface area (TPSA) is 77.3 Å². The van der Waals surface area contributed by atoms with Gasteiger partial charge in [0.2, 0.25) is 0 Å². The van der Waals surface area contributed by atoms with Crippen molar-refractivity contribution in [2.45, 2.75) is 59.3 Å². The largest absolute Gasteiger partial charge is 0.262 e. The number of pyridine rings is 3. The van der Waals surface area contributed by atoms with E-state index >= 15 is 0 Å². The van der Waals surface area contributed by atoms with Crippen LogP contribution in [0.15, 0.2) is 55.3 Å². The summed E-state index contributed by atoms with van der Waals surface area (Å²) >= 11 is 4.89. The second-order valence-corrected chi connectivity index (χ2v) is 12.1. The van der Waals surface area contributed by atoms with Crippen molar-refractivity contribution in [3.8, 4) is 0 Å². The van der Waals surface area contributed by atoms with Crippen molar-refractivity contribution in [3.63, 3.8) is 0 Å². The van der Waals surface area contributed by atoms with E-state index in [1.807, 2.05) is 6.07 Å². The molecule has 6 nitrogen and oxygen atoms in total. The fourth-order valence-corrected chi connectivity index (χ4v) is 5.72. The molecule has 0 aliphatic heterocycles. The van der Waals surface area contributed by atoms with Crippen LogP contribution >= 0.6 is 34.0 Å². The quantitative estimate of drug-likeness (QED) is 0.224. The molecule has 0 radical (unpaired) electrons. The third-order valence-electron chi connectivity index (χ3n) is 4.91. The minimum absolute atomic E-state index is 0.278. The highest BCUT2D eigenvalue weighted by Gasteiger charge is 2.07. The third-order valence-corrected chi connectivity index (χ3v) is 8.86. The fraction of sp³-hybridized carbons (Fsp3) is 0.333. The lowest BCUT2D eigenvalue weighted by atomic mass is 10.2. The summed E-state index contributed by atoms with van der Waals surface area (Å²) in [6, 6.07) is 4.15. The van der Waals surface area contributed by atoms with Crippen LogP contribution < -0.4 is 0 Å². The molecule has 36 heavy (non-hydrogen) atoms. The summed E-state index contributed by atoms with van der Waals surface area (Å²) in [6.45, 7) is 12.7. The van der Waals surface area contributed by atoms with Gasteiger partial charge in [0.1, 0.15) is 0 Å². The van der Waals surface area contributed by atoms with Gasteiger partial charge in [0.25, 0.3) is 0 Å². The molecule has 0 spiro atoms. The van der Waals surface area contributed by atoms with Crippen LogP contribution in [0.25, 0.3) is 30.6 Å². The average Bonchev–Trinajstić information content (AvgIpc) is 3.62. The van der Waals surface area contributed by atoms with Gasteiger partial charge in [0, 0.05) is 36.3 Å². The van der Waals surface area contributed by atoms with Crippen LogP contribution in [-0.4, -0.2) is 29.9 Å². The van der Waals surface area contributed by atoms with Crippen molar-refractivity contribution in [1.29, 1.82) is 0 Å². The van der Waals surface area contributed by atoms with Gasteiger partial charge in [0.05, 0.1) is 68.4 Å². The third kappa shape index (κ3) is 6.46. The first-order valence-electron chi connectivity index (χ1n) is 13.2. The molecule has 6 aromatic rings. The maximum atomic E-state index is 7.63. The Morgan fingerprint density at radius 2 is 1.14 bits per heavy atom. The zero-order valence-corrected chi connectivity index (χ0v) is 23.6. The summed E-state index contributed by atoms with van der Waals surface area (Å²) in [5, 5.41) is 3.27. The molecule has 0 aliphatic rings. The van der Waals surface area contributed by atoms with Crippen molar-refractivity contribution in [3.05, 3.63) is 70.3 Å². The lowest BCUT2D eigenvalue weighted by molar-refractivity contribution is 0.856. The highest BCUT2D eigenvalue weighted by Crippen LogP contribution is 2.27. The number of fused-ring (bicyclic) bond motifs is 3. The highest BCUT2D eigenvalue weighted by atomic mass is 32.1. The first-order chi connectivity index (χ1) is 18.5. The van der Waals surface area contributed by atoms with Gasteiger partial charge in [-0.1, -0.05) is 41.5 Å². The van der Waals surface area contributed by atoms with Gasteiger partial charge >= 0.3 is 0 Å². The smallest absolute Gasteiger partial charge is 0.0998 e. The van der Waals surface area contributed by atoms with Gasteiger partial charge in [-0.25, -0.2) is 15.0 Å². The van der Waals surface area contributed by atoms with Crippen LogP contribution in [0.5, 0.6) is 0 Å². The number of aromatic nitrogens is 6. The van der Waals surface area contributed by atoms with Crippen molar-refractivity contribution in [2.75, 3.05) is 0 Å². The Hall–Kier alpha value is -2.88. The zero-order chi connectivity index (χ0) is 28.3. The predicted molar refractivity (Wildman–Crippen MR) is 155 cm³/mol. The number of hydrogen-bond donors (Lipinski definition) is 0. The highest BCUT2D eigenvalue weighted by molar-refractivity contribution is 7.19. The Morgan fingerprint density at radius 3 is 1.72 bits per heavy atom. The molecule has 0 fully saturated rings. The van der Waals surface area contributed by atoms with Crippen molar-refractivity contribution >= 4 is 64.7 Å². The molecule has 0 bridgehead atoms. The van der Waals surface area contributed by atoms with Crippen molar-refractivity contribution in [1.82, 2.24) is 29.9 Å². The zero-order valence-electron chi connectivity index (χ0n) is 24.1. The first kappa shape index (κ1) is 22.3. The Labute approximate surface area is 227 Å². The maximum absolute atomic E-state index is 7.63. The summed E-state index contributed by atoms with van der Waals surface area (Å²) in [6.07, 6.45) is 7.19. The predicted octanol–water partition coefficient (Wildman–Crippen LogP) is 8.44. The lowest BCUT2D eigenvalue weighted by Gasteiger charge is -1.94. The van der Waals surface area contributed by atoms with E-state index in [-0.39, 0.29) is 6.17 Å². The van der Waals surface area contributed by atoms with E-state index in [1.165, 1.54) is 0 Å². The van der Waals surface area contributed by atoms with E-state index < -0.39 is 0 Å². The van der Waals surface area contributed by atoms with E-state index in [0.29, 0.717) is 30.0 Å². The molecule has 6 aromatic heterocycles.